The summed E-state index contributed by atoms with van der Waals surface area (Å²) in [7, 11) is 0. The van der Waals surface area contributed by atoms with Crippen molar-refractivity contribution >= 4 is 5.69 Å². The van der Waals surface area contributed by atoms with Gasteiger partial charge in [0.05, 0.1) is 10.5 Å². The average Bonchev–Trinajstić information content (AvgIpc) is 2.97. The molecule has 3 aromatic rings. The van der Waals surface area contributed by atoms with Gasteiger partial charge in [0, 0.05) is 11.6 Å². The molecule has 3 rings (SSSR count). The Labute approximate surface area is 118 Å². The van der Waals surface area contributed by atoms with Crippen molar-refractivity contribution < 1.29 is 9.31 Å². The van der Waals surface area contributed by atoms with Crippen LogP contribution in [0.1, 0.15) is 0 Å². The van der Waals surface area contributed by atoms with Gasteiger partial charge >= 0.3 is 0 Å². The Kier molecular flexibility index (Phi) is 3.15. The van der Waals surface area contributed by atoms with Crippen molar-refractivity contribution in [1.29, 1.82) is 0 Å². The zero-order chi connectivity index (χ0) is 14.8. The zero-order valence-corrected chi connectivity index (χ0v) is 10.7. The molecule has 1 N–H and O–H groups in total. The Morgan fingerprint density at radius 3 is 2.52 bits per heavy atom. The molecule has 0 fully saturated rings. The van der Waals surface area contributed by atoms with E-state index in [1.54, 1.807) is 30.3 Å². The molecule has 6 nitrogen and oxygen atoms in total. The summed E-state index contributed by atoms with van der Waals surface area (Å²) in [4.78, 5) is 14.8. The molecule has 104 valence electrons. The highest BCUT2D eigenvalue weighted by molar-refractivity contribution is 5.69. The molecular formula is C14H9FN4O2. The number of benzene rings is 2. The van der Waals surface area contributed by atoms with E-state index in [4.69, 9.17) is 0 Å². The van der Waals surface area contributed by atoms with Crippen LogP contribution >= 0.6 is 0 Å². The molecule has 0 spiro atoms. The fraction of sp³-hybridized carbons (Fsp3) is 0. The lowest BCUT2D eigenvalue weighted by Crippen LogP contribution is -1.92. The van der Waals surface area contributed by atoms with Gasteiger partial charge in [-0.2, -0.15) is 5.10 Å². The Bertz CT molecular complexity index is 799. The minimum absolute atomic E-state index is 0.0562. The summed E-state index contributed by atoms with van der Waals surface area (Å²) in [5, 5.41) is 17.7. The van der Waals surface area contributed by atoms with E-state index in [1.165, 1.54) is 18.2 Å². The van der Waals surface area contributed by atoms with E-state index in [-0.39, 0.29) is 11.5 Å². The van der Waals surface area contributed by atoms with Crippen molar-refractivity contribution in [3.63, 3.8) is 0 Å². The number of aromatic nitrogens is 3. The van der Waals surface area contributed by atoms with Gasteiger partial charge < -0.3 is 0 Å². The predicted molar refractivity (Wildman–Crippen MR) is 73.9 cm³/mol. The average molecular weight is 284 g/mol. The van der Waals surface area contributed by atoms with Crippen LogP contribution < -0.4 is 0 Å². The summed E-state index contributed by atoms with van der Waals surface area (Å²) in [6, 6.07) is 11.9. The van der Waals surface area contributed by atoms with Crippen LogP contribution in [-0.4, -0.2) is 20.1 Å². The van der Waals surface area contributed by atoms with Gasteiger partial charge in [0.2, 0.25) is 0 Å². The number of halogens is 1. The minimum atomic E-state index is -0.477. The number of nitrogens with one attached hydrogen (secondary N) is 1. The van der Waals surface area contributed by atoms with Gasteiger partial charge in [-0.05, 0) is 30.3 Å². The van der Waals surface area contributed by atoms with Crippen LogP contribution in [0.4, 0.5) is 10.1 Å². The zero-order valence-electron chi connectivity index (χ0n) is 10.7. The Morgan fingerprint density at radius 1 is 1.10 bits per heavy atom. The molecular weight excluding hydrogens is 275 g/mol. The standard InChI is InChI=1S/C14H9FN4O2/c15-10-7-5-9(6-8-10)13-16-14(18-17-13)11-3-1-2-4-12(11)19(20)21/h1-8H,(H,16,17,18). The molecule has 0 aliphatic rings. The fourth-order valence-corrected chi connectivity index (χ4v) is 1.94. The molecule has 0 radical (unpaired) electrons. The number of hydrogen-bond acceptors (Lipinski definition) is 4. The number of nitro benzene ring substituents is 1. The Morgan fingerprint density at radius 2 is 1.81 bits per heavy atom. The second kappa shape index (κ2) is 5.12. The maximum absolute atomic E-state index is 12.9. The quantitative estimate of drug-likeness (QED) is 0.591. The summed E-state index contributed by atoms with van der Waals surface area (Å²) >= 11 is 0. The Balaban J connectivity index is 2.03. The normalized spacial score (nSPS) is 10.5. The molecule has 2 aromatic carbocycles. The lowest BCUT2D eigenvalue weighted by Gasteiger charge is -1.97. The van der Waals surface area contributed by atoms with Gasteiger partial charge in [-0.1, -0.05) is 12.1 Å². The van der Waals surface area contributed by atoms with Crippen LogP contribution in [0.25, 0.3) is 22.8 Å². The van der Waals surface area contributed by atoms with Gasteiger partial charge in [-0.15, -0.1) is 0 Å². The first-order chi connectivity index (χ1) is 10.1. The van der Waals surface area contributed by atoms with Gasteiger partial charge in [-0.25, -0.2) is 9.37 Å². The van der Waals surface area contributed by atoms with Crippen molar-refractivity contribution in [3.8, 4) is 22.8 Å². The van der Waals surface area contributed by atoms with Crippen LogP contribution in [0.3, 0.4) is 0 Å². The molecule has 0 unspecified atom stereocenters. The van der Waals surface area contributed by atoms with E-state index >= 15 is 0 Å². The van der Waals surface area contributed by atoms with Crippen molar-refractivity contribution in [2.24, 2.45) is 0 Å². The summed E-state index contributed by atoms with van der Waals surface area (Å²) in [5.41, 5.74) is 0.917. The van der Waals surface area contributed by atoms with Crippen LogP contribution in [0, 0.1) is 15.9 Å². The van der Waals surface area contributed by atoms with Crippen molar-refractivity contribution in [2.45, 2.75) is 0 Å². The smallest absolute Gasteiger partial charge is 0.258 e. The molecule has 0 atom stereocenters. The fourth-order valence-electron chi connectivity index (χ4n) is 1.94. The summed E-state index contributed by atoms with van der Waals surface area (Å²) < 4.78 is 12.9. The lowest BCUT2D eigenvalue weighted by atomic mass is 10.1. The van der Waals surface area contributed by atoms with Crippen LogP contribution in [0.15, 0.2) is 48.5 Å². The van der Waals surface area contributed by atoms with E-state index in [0.29, 0.717) is 22.8 Å². The number of hydrogen-bond donors (Lipinski definition) is 1. The van der Waals surface area contributed by atoms with Crippen molar-refractivity contribution in [2.75, 3.05) is 0 Å². The topological polar surface area (TPSA) is 84.7 Å². The third-order valence-electron chi connectivity index (χ3n) is 2.94. The number of para-hydroxylation sites is 1. The van der Waals surface area contributed by atoms with Crippen LogP contribution in [0.2, 0.25) is 0 Å². The molecule has 0 aliphatic heterocycles. The minimum Gasteiger partial charge on any atom is -0.258 e. The van der Waals surface area contributed by atoms with E-state index in [0.717, 1.165) is 0 Å². The highest BCUT2D eigenvalue weighted by atomic mass is 19.1. The lowest BCUT2D eigenvalue weighted by molar-refractivity contribution is -0.384. The van der Waals surface area contributed by atoms with Gasteiger partial charge in [-0.3, -0.25) is 15.2 Å². The molecule has 21 heavy (non-hydrogen) atoms. The van der Waals surface area contributed by atoms with Gasteiger partial charge in [0.1, 0.15) is 5.82 Å². The molecule has 0 aliphatic carbocycles. The maximum Gasteiger partial charge on any atom is 0.280 e. The number of nitro groups is 1. The molecule has 0 bridgehead atoms. The van der Waals surface area contributed by atoms with Crippen molar-refractivity contribution in [3.05, 3.63) is 64.5 Å². The second-order valence-electron chi connectivity index (χ2n) is 4.29. The monoisotopic (exact) mass is 284 g/mol. The number of nitrogens with zero attached hydrogens (tertiary/aromatic N) is 3. The van der Waals surface area contributed by atoms with Crippen LogP contribution in [-0.2, 0) is 0 Å². The van der Waals surface area contributed by atoms with Gasteiger partial charge in [0.15, 0.2) is 11.6 Å². The molecule has 0 saturated heterocycles. The molecule has 0 amide bonds. The molecule has 1 aromatic heterocycles. The van der Waals surface area contributed by atoms with Gasteiger partial charge in [0.25, 0.3) is 5.69 Å². The third kappa shape index (κ3) is 2.48. The number of H-pyrrole nitrogens is 1. The largest absolute Gasteiger partial charge is 0.280 e. The Hall–Kier alpha value is -3.09. The summed E-state index contributed by atoms with van der Waals surface area (Å²) in [5.74, 6) is 0.290. The third-order valence-corrected chi connectivity index (χ3v) is 2.94. The second-order valence-corrected chi connectivity index (χ2v) is 4.29. The van der Waals surface area contributed by atoms with Crippen molar-refractivity contribution in [1.82, 2.24) is 15.2 Å². The first-order valence-electron chi connectivity index (χ1n) is 6.07. The number of aromatic amines is 1. The predicted octanol–water partition coefficient (Wildman–Crippen LogP) is 3.19. The van der Waals surface area contributed by atoms with E-state index in [1.807, 2.05) is 0 Å². The van der Waals surface area contributed by atoms with E-state index < -0.39 is 4.92 Å². The molecule has 1 heterocycles. The molecule has 7 heteroatoms. The van der Waals surface area contributed by atoms with Crippen LogP contribution in [0.5, 0.6) is 0 Å². The maximum atomic E-state index is 12.9. The summed E-state index contributed by atoms with van der Waals surface area (Å²) in [6.07, 6.45) is 0. The first-order valence-corrected chi connectivity index (χ1v) is 6.07. The highest BCUT2D eigenvalue weighted by Crippen LogP contribution is 2.28. The highest BCUT2D eigenvalue weighted by Gasteiger charge is 2.17. The number of rotatable bonds is 3. The first kappa shape index (κ1) is 12.9. The SMILES string of the molecule is O=[N+]([O-])c1ccccc1-c1nc(-c2ccc(F)cc2)n[nH]1. The summed E-state index contributed by atoms with van der Waals surface area (Å²) in [6.45, 7) is 0. The molecule has 0 saturated carbocycles. The van der Waals surface area contributed by atoms with E-state index in [9.17, 15) is 14.5 Å². The van der Waals surface area contributed by atoms with E-state index in [2.05, 4.69) is 15.2 Å².